The number of rotatable bonds is 3. The molecule has 2 rings (SSSR count). The van der Waals surface area contributed by atoms with E-state index in [1.54, 1.807) is 0 Å². The molecular weight excluding hydrogens is 353 g/mol. The van der Waals surface area contributed by atoms with Gasteiger partial charge in [-0.15, -0.1) is 0 Å². The number of ether oxygens (including phenoxy) is 1. The van der Waals surface area contributed by atoms with Crippen molar-refractivity contribution in [3.05, 3.63) is 45.6 Å². The lowest BCUT2D eigenvalue weighted by Gasteiger charge is -2.13. The van der Waals surface area contributed by atoms with E-state index in [9.17, 15) is 23.3 Å². The number of alkyl halides is 3. The van der Waals surface area contributed by atoms with Gasteiger partial charge in [0.1, 0.15) is 17.5 Å². The van der Waals surface area contributed by atoms with Gasteiger partial charge in [0.2, 0.25) is 5.69 Å². The summed E-state index contributed by atoms with van der Waals surface area (Å²) in [6.45, 7) is 4.00. The van der Waals surface area contributed by atoms with Crippen molar-refractivity contribution in [1.82, 2.24) is 4.98 Å². The molecule has 0 amide bonds. The first-order valence-corrected chi connectivity index (χ1v) is 7.29. The van der Waals surface area contributed by atoms with E-state index in [0.717, 1.165) is 25.3 Å². The Labute approximate surface area is 147 Å². The molecule has 2 aromatic rings. The standard InChI is InChI=1S/C14H9F3N4O3.C2H6/c1-24-12-3-2-7(4-8(12)14(15,16)17)10-5-9(19)13(21(22)23)11(6-18)20-10;1-2/h2-5H,1H3,(H2,19,20);1-2H3. The Morgan fingerprint density at radius 2 is 1.92 bits per heavy atom. The second kappa shape index (κ2) is 8.15. The number of halogens is 3. The SMILES string of the molecule is CC.COc1ccc(-c2cc(N)c([N+](=O)[O-])c(C#N)n2)cc1C(F)(F)F. The number of pyridine rings is 1. The van der Waals surface area contributed by atoms with Gasteiger partial charge in [0.25, 0.3) is 0 Å². The van der Waals surface area contributed by atoms with Gasteiger partial charge in [0, 0.05) is 5.56 Å². The fourth-order valence-corrected chi connectivity index (χ4v) is 2.06. The summed E-state index contributed by atoms with van der Waals surface area (Å²) in [6, 6.07) is 5.70. The molecule has 0 spiro atoms. The number of benzene rings is 1. The third-order valence-corrected chi connectivity index (χ3v) is 3.11. The van der Waals surface area contributed by atoms with Crippen molar-refractivity contribution in [3.63, 3.8) is 0 Å². The van der Waals surface area contributed by atoms with Crippen LogP contribution in [0, 0.1) is 21.4 Å². The van der Waals surface area contributed by atoms with Crippen LogP contribution >= 0.6 is 0 Å². The predicted octanol–water partition coefficient (Wildman–Crippen LogP) is 4.16. The van der Waals surface area contributed by atoms with Gasteiger partial charge in [0.05, 0.1) is 23.3 Å². The predicted molar refractivity (Wildman–Crippen MR) is 88.4 cm³/mol. The Kier molecular flexibility index (Phi) is 6.49. The van der Waals surface area contributed by atoms with E-state index in [4.69, 9.17) is 11.0 Å². The highest BCUT2D eigenvalue weighted by atomic mass is 19.4. The Morgan fingerprint density at radius 3 is 2.38 bits per heavy atom. The molecule has 7 nitrogen and oxygen atoms in total. The second-order valence-electron chi connectivity index (χ2n) is 4.58. The lowest BCUT2D eigenvalue weighted by atomic mass is 10.0. The molecule has 2 N–H and O–H groups in total. The Morgan fingerprint density at radius 1 is 1.31 bits per heavy atom. The minimum absolute atomic E-state index is 0.0128. The molecule has 0 aliphatic carbocycles. The van der Waals surface area contributed by atoms with Crippen LogP contribution in [0.1, 0.15) is 25.1 Å². The van der Waals surface area contributed by atoms with Gasteiger partial charge in [-0.05, 0) is 24.3 Å². The number of nitriles is 1. The van der Waals surface area contributed by atoms with Crippen LogP contribution in [-0.2, 0) is 6.18 Å². The van der Waals surface area contributed by atoms with E-state index < -0.39 is 28.0 Å². The van der Waals surface area contributed by atoms with Gasteiger partial charge >= 0.3 is 11.9 Å². The summed E-state index contributed by atoms with van der Waals surface area (Å²) >= 11 is 0. The molecule has 0 aliphatic rings. The zero-order valence-corrected chi connectivity index (χ0v) is 14.1. The first-order chi connectivity index (χ1) is 12.2. The summed E-state index contributed by atoms with van der Waals surface area (Å²) in [4.78, 5) is 13.7. The number of nitrogens with zero attached hydrogens (tertiary/aromatic N) is 3. The van der Waals surface area contributed by atoms with E-state index in [2.05, 4.69) is 9.72 Å². The van der Waals surface area contributed by atoms with Crippen LogP contribution in [0.3, 0.4) is 0 Å². The van der Waals surface area contributed by atoms with Crippen molar-refractivity contribution >= 4 is 11.4 Å². The summed E-state index contributed by atoms with van der Waals surface area (Å²) in [5, 5.41) is 19.8. The largest absolute Gasteiger partial charge is 0.496 e. The van der Waals surface area contributed by atoms with Gasteiger partial charge in [-0.3, -0.25) is 10.1 Å². The molecule has 1 aromatic carbocycles. The van der Waals surface area contributed by atoms with Gasteiger partial charge in [0.15, 0.2) is 0 Å². The molecule has 0 atom stereocenters. The van der Waals surface area contributed by atoms with Crippen molar-refractivity contribution in [3.8, 4) is 23.1 Å². The Balaban J connectivity index is 0.00000163. The number of nitrogen functional groups attached to an aromatic ring is 1. The highest BCUT2D eigenvalue weighted by Gasteiger charge is 2.35. The maximum Gasteiger partial charge on any atom is 0.419 e. The normalized spacial score (nSPS) is 10.3. The number of hydrogen-bond acceptors (Lipinski definition) is 6. The summed E-state index contributed by atoms with van der Waals surface area (Å²) in [5.41, 5.74) is 2.74. The summed E-state index contributed by atoms with van der Waals surface area (Å²) < 4.78 is 43.9. The van der Waals surface area contributed by atoms with Gasteiger partial charge in [-0.2, -0.15) is 18.4 Å². The average molecular weight is 368 g/mol. The summed E-state index contributed by atoms with van der Waals surface area (Å²) in [5.74, 6) is -0.387. The first kappa shape index (κ1) is 20.7. The molecule has 0 bridgehead atoms. The smallest absolute Gasteiger partial charge is 0.419 e. The number of anilines is 1. The third-order valence-electron chi connectivity index (χ3n) is 3.11. The van der Waals surface area contributed by atoms with E-state index in [-0.39, 0.29) is 22.7 Å². The lowest BCUT2D eigenvalue weighted by molar-refractivity contribution is -0.384. The van der Waals surface area contributed by atoms with Crippen molar-refractivity contribution in [1.29, 1.82) is 5.26 Å². The highest BCUT2D eigenvalue weighted by Crippen LogP contribution is 2.39. The van der Waals surface area contributed by atoms with Crippen LogP contribution in [0.2, 0.25) is 0 Å². The number of nitro groups is 1. The fraction of sp³-hybridized carbons (Fsp3) is 0.250. The van der Waals surface area contributed by atoms with Crippen LogP contribution in [0.4, 0.5) is 24.5 Å². The molecule has 138 valence electrons. The van der Waals surface area contributed by atoms with Gasteiger partial charge in [-0.25, -0.2) is 4.98 Å². The number of methoxy groups -OCH3 is 1. The average Bonchev–Trinajstić information content (AvgIpc) is 2.60. The quantitative estimate of drug-likeness (QED) is 0.642. The van der Waals surface area contributed by atoms with Crippen LogP contribution in [0.5, 0.6) is 5.75 Å². The van der Waals surface area contributed by atoms with Crippen LogP contribution < -0.4 is 10.5 Å². The van der Waals surface area contributed by atoms with Gasteiger partial charge < -0.3 is 10.5 Å². The molecule has 0 unspecified atom stereocenters. The van der Waals surface area contributed by atoms with Gasteiger partial charge in [-0.1, -0.05) is 13.8 Å². The van der Waals surface area contributed by atoms with Crippen LogP contribution in [-0.4, -0.2) is 17.0 Å². The maximum absolute atomic E-state index is 13.1. The number of hydrogen-bond donors (Lipinski definition) is 1. The number of aromatic nitrogens is 1. The van der Waals surface area contributed by atoms with Crippen molar-refractivity contribution in [2.24, 2.45) is 0 Å². The maximum atomic E-state index is 13.1. The zero-order valence-electron chi connectivity index (χ0n) is 14.1. The molecular formula is C16H15F3N4O3. The topological polar surface area (TPSA) is 115 Å². The Bertz CT molecular complexity index is 861. The molecule has 0 radical (unpaired) electrons. The van der Waals surface area contributed by atoms with E-state index in [1.807, 2.05) is 13.8 Å². The molecule has 0 aliphatic heterocycles. The van der Waals surface area contributed by atoms with Crippen LogP contribution in [0.25, 0.3) is 11.3 Å². The minimum Gasteiger partial charge on any atom is -0.496 e. The molecule has 1 aromatic heterocycles. The zero-order chi connectivity index (χ0) is 20.1. The van der Waals surface area contributed by atoms with Crippen molar-refractivity contribution in [2.45, 2.75) is 20.0 Å². The fourth-order valence-electron chi connectivity index (χ4n) is 2.06. The van der Waals surface area contributed by atoms with E-state index in [0.29, 0.717) is 0 Å². The van der Waals surface area contributed by atoms with Crippen molar-refractivity contribution in [2.75, 3.05) is 12.8 Å². The lowest BCUT2D eigenvalue weighted by Crippen LogP contribution is -2.08. The third kappa shape index (κ3) is 4.18. The molecule has 0 fully saturated rings. The monoisotopic (exact) mass is 368 g/mol. The minimum atomic E-state index is -4.67. The molecule has 10 heteroatoms. The summed E-state index contributed by atoms with van der Waals surface area (Å²) in [6.07, 6.45) is -4.67. The Hall–Kier alpha value is -3.35. The second-order valence-corrected chi connectivity index (χ2v) is 4.58. The van der Waals surface area contributed by atoms with E-state index in [1.165, 1.54) is 12.1 Å². The molecule has 26 heavy (non-hydrogen) atoms. The van der Waals surface area contributed by atoms with Crippen LogP contribution in [0.15, 0.2) is 24.3 Å². The summed E-state index contributed by atoms with van der Waals surface area (Å²) in [7, 11) is 1.10. The first-order valence-electron chi connectivity index (χ1n) is 7.29. The molecule has 0 saturated carbocycles. The molecule has 0 saturated heterocycles. The molecule has 1 heterocycles. The van der Waals surface area contributed by atoms with E-state index >= 15 is 0 Å². The highest BCUT2D eigenvalue weighted by molar-refractivity contribution is 5.73. The number of nitrogens with two attached hydrogens (primary N) is 1. The van der Waals surface area contributed by atoms with Crippen molar-refractivity contribution < 1.29 is 22.8 Å².